The van der Waals surface area contributed by atoms with Gasteiger partial charge >= 0.3 is 0 Å². The van der Waals surface area contributed by atoms with Crippen LogP contribution in [0.15, 0.2) is 47.1 Å². The lowest BCUT2D eigenvalue weighted by molar-refractivity contribution is 0.408. The molecule has 1 aromatic rings. The molecule has 0 radical (unpaired) electrons. The van der Waals surface area contributed by atoms with E-state index < -0.39 is 6.08 Å². The molecule has 0 aliphatic carbocycles. The monoisotopic (exact) mass is 245 g/mol. The Balaban J connectivity index is 0. The van der Waals surface area contributed by atoms with Gasteiger partial charge in [-0.3, -0.25) is 0 Å². The van der Waals surface area contributed by atoms with E-state index in [1.807, 2.05) is 20.8 Å². The van der Waals surface area contributed by atoms with Gasteiger partial charge in [0.1, 0.15) is 6.26 Å². The largest absolute Gasteiger partial charge is 0.452 e. The molecule has 0 fully saturated rings. The third-order valence-electron chi connectivity index (χ3n) is 1.60. The van der Waals surface area contributed by atoms with Crippen molar-refractivity contribution in [3.63, 3.8) is 0 Å². The Hall–Kier alpha value is -1.45. The maximum atomic E-state index is 11.7. The molecular weight excluding hydrogens is 224 g/mol. The quantitative estimate of drug-likeness (QED) is 0.683. The first-order chi connectivity index (χ1) is 8.04. The lowest BCUT2D eigenvalue weighted by Gasteiger charge is -1.97. The average Bonchev–Trinajstić information content (AvgIpc) is 2.87. The lowest BCUT2D eigenvalue weighted by Crippen LogP contribution is -1.80. The average molecular weight is 245 g/mol. The molecule has 17 heavy (non-hydrogen) atoms. The Morgan fingerprint density at radius 1 is 1.24 bits per heavy atom. The van der Waals surface area contributed by atoms with E-state index in [0.717, 1.165) is 5.57 Å². The maximum Gasteiger partial charge on any atom is 0.269 e. The minimum Gasteiger partial charge on any atom is -0.452 e. The molecule has 0 saturated carbocycles. The fourth-order valence-electron chi connectivity index (χ4n) is 0.671. The van der Waals surface area contributed by atoms with Crippen LogP contribution in [0.2, 0.25) is 0 Å². The Kier molecular flexibility index (Phi) is 13.3. The molecule has 0 aliphatic rings. The second-order valence-electron chi connectivity index (χ2n) is 3.17. The van der Waals surface area contributed by atoms with E-state index in [9.17, 15) is 8.78 Å². The van der Waals surface area contributed by atoms with E-state index in [-0.39, 0.29) is 5.57 Å². The van der Waals surface area contributed by atoms with Crippen LogP contribution in [0.3, 0.4) is 0 Å². The Bertz CT molecular complexity index is 284. The van der Waals surface area contributed by atoms with Crippen LogP contribution in [0.1, 0.15) is 40.5 Å². The number of allylic oxidation sites excluding steroid dienone is 2. The van der Waals surface area contributed by atoms with Gasteiger partial charge in [-0.25, -0.2) is 4.98 Å². The number of aromatic nitrogens is 1. The fraction of sp³-hybridized carbons (Fsp3) is 0.462. The molecule has 0 unspecified atom stereocenters. The molecule has 4 heteroatoms. The first-order valence-electron chi connectivity index (χ1n) is 5.51. The molecule has 1 aromatic heterocycles. The molecular formula is C13H21F2NO. The number of nitrogens with zero attached hydrogens (tertiary/aromatic N) is 1. The van der Waals surface area contributed by atoms with Crippen molar-refractivity contribution in [2.24, 2.45) is 0 Å². The van der Waals surface area contributed by atoms with E-state index >= 15 is 0 Å². The SMILES string of the molecule is C=C(C)CCC(C)=C(F)F.CC.c1cocn1. The second kappa shape index (κ2) is 12.6. The summed E-state index contributed by atoms with van der Waals surface area (Å²) in [5, 5.41) is 0. The first-order valence-corrected chi connectivity index (χ1v) is 5.51. The third kappa shape index (κ3) is 14.6. The van der Waals surface area contributed by atoms with Crippen molar-refractivity contribution in [3.8, 4) is 0 Å². The molecule has 0 aromatic carbocycles. The number of oxazole rings is 1. The van der Waals surface area contributed by atoms with Gasteiger partial charge < -0.3 is 4.42 Å². The molecule has 1 heterocycles. The van der Waals surface area contributed by atoms with Crippen LogP contribution in [0, 0.1) is 0 Å². The van der Waals surface area contributed by atoms with E-state index in [1.165, 1.54) is 19.6 Å². The Labute approximate surface area is 102 Å². The molecule has 0 bridgehead atoms. The van der Waals surface area contributed by atoms with Crippen LogP contribution >= 0.6 is 0 Å². The third-order valence-corrected chi connectivity index (χ3v) is 1.60. The van der Waals surface area contributed by atoms with Crippen LogP contribution in [0.25, 0.3) is 0 Å². The fourth-order valence-corrected chi connectivity index (χ4v) is 0.671. The predicted octanol–water partition coefficient (Wildman–Crippen LogP) is 5.21. The predicted molar refractivity (Wildman–Crippen MR) is 66.8 cm³/mol. The van der Waals surface area contributed by atoms with E-state index in [0.29, 0.717) is 12.8 Å². The van der Waals surface area contributed by atoms with Gasteiger partial charge in [-0.05, 0) is 32.3 Å². The zero-order valence-electron chi connectivity index (χ0n) is 11.0. The highest BCUT2D eigenvalue weighted by Crippen LogP contribution is 2.14. The zero-order chi connectivity index (χ0) is 13.7. The Morgan fingerprint density at radius 2 is 1.82 bits per heavy atom. The van der Waals surface area contributed by atoms with Gasteiger partial charge in [-0.1, -0.05) is 19.4 Å². The van der Waals surface area contributed by atoms with Gasteiger partial charge in [0, 0.05) is 0 Å². The molecule has 98 valence electrons. The Morgan fingerprint density at radius 3 is 2.06 bits per heavy atom. The molecule has 1 rings (SSSR count). The van der Waals surface area contributed by atoms with Crippen molar-refractivity contribution in [2.45, 2.75) is 40.5 Å². The summed E-state index contributed by atoms with van der Waals surface area (Å²) in [5.74, 6) is 0. The van der Waals surface area contributed by atoms with Crippen molar-refractivity contribution < 1.29 is 13.2 Å². The van der Waals surface area contributed by atoms with Gasteiger partial charge in [0.2, 0.25) is 0 Å². The maximum absolute atomic E-state index is 11.7. The smallest absolute Gasteiger partial charge is 0.269 e. The second-order valence-corrected chi connectivity index (χ2v) is 3.17. The van der Waals surface area contributed by atoms with Crippen molar-refractivity contribution in [1.82, 2.24) is 4.98 Å². The van der Waals surface area contributed by atoms with E-state index in [4.69, 9.17) is 0 Å². The summed E-state index contributed by atoms with van der Waals surface area (Å²) in [6.45, 7) is 10.9. The number of halogens is 2. The first kappa shape index (κ1) is 17.9. The van der Waals surface area contributed by atoms with E-state index in [2.05, 4.69) is 16.0 Å². The summed E-state index contributed by atoms with van der Waals surface area (Å²) in [6.07, 6.45) is 4.00. The van der Waals surface area contributed by atoms with E-state index in [1.54, 1.807) is 6.20 Å². The van der Waals surface area contributed by atoms with Gasteiger partial charge in [-0.15, -0.1) is 6.58 Å². The number of hydrogen-bond acceptors (Lipinski definition) is 2. The summed E-state index contributed by atoms with van der Waals surface area (Å²) >= 11 is 0. The standard InChI is InChI=1S/C8H12F2.C3H3NO.C2H6/c1-6(2)4-5-7(3)8(9)10;1-2-5-3-4-1;1-2/h1,4-5H2,2-3H3;1-3H;1-2H3. The van der Waals surface area contributed by atoms with Crippen molar-refractivity contribution in [1.29, 1.82) is 0 Å². The normalized spacial score (nSPS) is 8.12. The summed E-state index contributed by atoms with van der Waals surface area (Å²) in [6, 6.07) is 0. The topological polar surface area (TPSA) is 26.0 Å². The van der Waals surface area contributed by atoms with Crippen molar-refractivity contribution in [2.75, 3.05) is 0 Å². The molecule has 0 atom stereocenters. The zero-order valence-corrected chi connectivity index (χ0v) is 11.0. The van der Waals surface area contributed by atoms with Crippen LogP contribution < -0.4 is 0 Å². The van der Waals surface area contributed by atoms with Crippen LogP contribution in [0.4, 0.5) is 8.78 Å². The summed E-state index contributed by atoms with van der Waals surface area (Å²) in [5.41, 5.74) is 1.11. The van der Waals surface area contributed by atoms with Crippen molar-refractivity contribution >= 4 is 0 Å². The number of rotatable bonds is 3. The lowest BCUT2D eigenvalue weighted by atomic mass is 10.1. The molecule has 0 saturated heterocycles. The summed E-state index contributed by atoms with van der Waals surface area (Å²) in [4.78, 5) is 3.56. The minimum absolute atomic E-state index is 0.169. The van der Waals surface area contributed by atoms with Crippen LogP contribution in [-0.4, -0.2) is 4.98 Å². The molecule has 2 nitrogen and oxygen atoms in total. The van der Waals surface area contributed by atoms with Crippen LogP contribution in [-0.2, 0) is 0 Å². The molecule has 0 spiro atoms. The molecule has 0 N–H and O–H groups in total. The highest BCUT2D eigenvalue weighted by Gasteiger charge is 1.98. The molecule has 0 amide bonds. The van der Waals surface area contributed by atoms with Crippen molar-refractivity contribution in [3.05, 3.63) is 42.7 Å². The van der Waals surface area contributed by atoms with Gasteiger partial charge in [-0.2, -0.15) is 8.78 Å². The highest BCUT2D eigenvalue weighted by atomic mass is 19.3. The number of hydrogen-bond donors (Lipinski definition) is 0. The summed E-state index contributed by atoms with van der Waals surface area (Å²) in [7, 11) is 0. The minimum atomic E-state index is -1.55. The summed E-state index contributed by atoms with van der Waals surface area (Å²) < 4.78 is 27.9. The van der Waals surface area contributed by atoms with Gasteiger partial charge in [0.15, 0.2) is 6.39 Å². The molecule has 0 aliphatic heterocycles. The highest BCUT2D eigenvalue weighted by molar-refractivity contribution is 5.02. The van der Waals surface area contributed by atoms with Gasteiger partial charge in [0.05, 0.1) is 6.20 Å². The van der Waals surface area contributed by atoms with Crippen LogP contribution in [0.5, 0.6) is 0 Å². The van der Waals surface area contributed by atoms with Gasteiger partial charge in [0.25, 0.3) is 6.08 Å².